The monoisotopic (exact) mass is 399 g/mol. The van der Waals surface area contributed by atoms with E-state index in [2.05, 4.69) is 5.32 Å². The van der Waals surface area contributed by atoms with Crippen LogP contribution in [0.4, 0.5) is 0 Å². The number of hydrogen-bond acceptors (Lipinski definition) is 6. The Bertz CT molecular complexity index is 774. The summed E-state index contributed by atoms with van der Waals surface area (Å²) in [7, 11) is -0.781. The van der Waals surface area contributed by atoms with Gasteiger partial charge in [-0.05, 0) is 38.1 Å². The van der Waals surface area contributed by atoms with E-state index in [-0.39, 0.29) is 22.9 Å². The smallest absolute Gasteiger partial charge is 0.338 e. The normalized spacial score (nSPS) is 11.1. The van der Waals surface area contributed by atoms with Gasteiger partial charge in [0.15, 0.2) is 6.61 Å². The van der Waals surface area contributed by atoms with Crippen LogP contribution in [0.25, 0.3) is 0 Å². The summed E-state index contributed by atoms with van der Waals surface area (Å²) in [5.74, 6) is -1.55. The van der Waals surface area contributed by atoms with Gasteiger partial charge in [0, 0.05) is 27.2 Å². The van der Waals surface area contributed by atoms with Crippen molar-refractivity contribution >= 4 is 27.8 Å². The van der Waals surface area contributed by atoms with Gasteiger partial charge >= 0.3 is 5.97 Å². The molecule has 1 rings (SSSR count). The number of sulfonamides is 1. The Morgan fingerprint density at radius 2 is 1.67 bits per heavy atom. The van der Waals surface area contributed by atoms with E-state index in [1.54, 1.807) is 13.8 Å². The minimum atomic E-state index is -3.59. The Balaban J connectivity index is 2.68. The number of carbonyl (C=O) groups is 3. The first-order chi connectivity index (χ1) is 12.6. The van der Waals surface area contributed by atoms with Gasteiger partial charge in [0.1, 0.15) is 0 Å². The molecule has 10 heteroatoms. The Morgan fingerprint density at radius 3 is 2.15 bits per heavy atom. The quantitative estimate of drug-likeness (QED) is 0.589. The molecule has 0 aliphatic carbocycles. The molecular formula is C17H25N3O6S. The molecule has 0 saturated carbocycles. The van der Waals surface area contributed by atoms with Crippen LogP contribution >= 0.6 is 0 Å². The van der Waals surface area contributed by atoms with E-state index in [1.165, 1.54) is 43.3 Å². The summed E-state index contributed by atoms with van der Waals surface area (Å²) in [6.07, 6.45) is 0. The largest absolute Gasteiger partial charge is 0.452 e. The second-order valence-corrected chi connectivity index (χ2v) is 7.90. The van der Waals surface area contributed by atoms with E-state index >= 15 is 0 Å². The van der Waals surface area contributed by atoms with Crippen LogP contribution in [0.2, 0.25) is 0 Å². The average Bonchev–Trinajstić information content (AvgIpc) is 2.64. The van der Waals surface area contributed by atoms with E-state index in [1.807, 2.05) is 0 Å². The molecule has 0 atom stereocenters. The van der Waals surface area contributed by atoms with E-state index in [0.717, 1.165) is 4.31 Å². The first-order valence-corrected chi connectivity index (χ1v) is 9.81. The number of hydrogen-bond donors (Lipinski definition) is 1. The SMILES string of the molecule is CCNC(=O)CN(CC)C(=O)COC(=O)c1ccc(S(=O)(=O)N(C)C)cc1. The van der Waals surface area contributed by atoms with Gasteiger partial charge in [0.25, 0.3) is 5.91 Å². The lowest BCUT2D eigenvalue weighted by molar-refractivity contribution is -0.138. The van der Waals surface area contributed by atoms with Gasteiger partial charge in [-0.25, -0.2) is 17.5 Å². The van der Waals surface area contributed by atoms with Gasteiger partial charge in [-0.2, -0.15) is 0 Å². The fraction of sp³-hybridized carbons (Fsp3) is 0.471. The third kappa shape index (κ3) is 6.33. The molecule has 0 bridgehead atoms. The highest BCUT2D eigenvalue weighted by Gasteiger charge is 2.20. The first kappa shape index (κ1) is 22.6. The summed E-state index contributed by atoms with van der Waals surface area (Å²) >= 11 is 0. The van der Waals surface area contributed by atoms with E-state index < -0.39 is 28.5 Å². The minimum Gasteiger partial charge on any atom is -0.452 e. The highest BCUT2D eigenvalue weighted by molar-refractivity contribution is 7.89. The molecule has 2 amide bonds. The predicted octanol–water partition coefficient (Wildman–Crippen LogP) is 0.0783. The van der Waals surface area contributed by atoms with Crippen molar-refractivity contribution in [3.05, 3.63) is 29.8 Å². The average molecular weight is 399 g/mol. The van der Waals surface area contributed by atoms with Crippen molar-refractivity contribution in [1.82, 2.24) is 14.5 Å². The minimum absolute atomic E-state index is 0.0409. The van der Waals surface area contributed by atoms with Crippen molar-refractivity contribution < 1.29 is 27.5 Å². The molecule has 0 fully saturated rings. The van der Waals surface area contributed by atoms with Crippen LogP contribution in [0.15, 0.2) is 29.2 Å². The number of benzene rings is 1. The number of ether oxygens (including phenoxy) is 1. The second kappa shape index (κ2) is 10.0. The van der Waals surface area contributed by atoms with Crippen LogP contribution in [-0.4, -0.2) is 75.7 Å². The molecule has 27 heavy (non-hydrogen) atoms. The zero-order valence-corrected chi connectivity index (χ0v) is 16.7. The fourth-order valence-electron chi connectivity index (χ4n) is 2.08. The van der Waals surface area contributed by atoms with Gasteiger partial charge in [-0.3, -0.25) is 9.59 Å². The highest BCUT2D eigenvalue weighted by atomic mass is 32.2. The van der Waals surface area contributed by atoms with E-state index in [0.29, 0.717) is 13.1 Å². The fourth-order valence-corrected chi connectivity index (χ4v) is 2.98. The summed E-state index contributed by atoms with van der Waals surface area (Å²) in [6.45, 7) is 3.61. The molecule has 0 aliphatic rings. The molecule has 0 heterocycles. The van der Waals surface area contributed by atoms with Crippen LogP contribution in [0.1, 0.15) is 24.2 Å². The maximum atomic E-state index is 12.1. The lowest BCUT2D eigenvalue weighted by Crippen LogP contribution is -2.42. The predicted molar refractivity (Wildman–Crippen MR) is 98.5 cm³/mol. The zero-order chi connectivity index (χ0) is 20.6. The molecule has 0 aromatic heterocycles. The molecule has 0 spiro atoms. The number of nitrogens with zero attached hydrogens (tertiary/aromatic N) is 2. The lowest BCUT2D eigenvalue weighted by Gasteiger charge is -2.20. The standard InChI is InChI=1S/C17H25N3O6S/c1-5-18-15(21)11-20(6-2)16(22)12-26-17(23)13-7-9-14(10-8-13)27(24,25)19(3)4/h7-10H,5-6,11-12H2,1-4H3,(H,18,21). The maximum Gasteiger partial charge on any atom is 0.338 e. The Labute approximate surface area is 159 Å². The van der Waals surface area contributed by atoms with Crippen molar-refractivity contribution in [1.29, 1.82) is 0 Å². The Kier molecular flexibility index (Phi) is 8.38. The Morgan fingerprint density at radius 1 is 1.07 bits per heavy atom. The van der Waals surface area contributed by atoms with Crippen molar-refractivity contribution in [2.75, 3.05) is 40.3 Å². The molecule has 0 saturated heterocycles. The molecule has 9 nitrogen and oxygen atoms in total. The molecule has 0 radical (unpaired) electrons. The summed E-state index contributed by atoms with van der Waals surface area (Å²) in [4.78, 5) is 37.0. The maximum absolute atomic E-state index is 12.1. The molecule has 1 aromatic carbocycles. The number of amides is 2. The molecule has 1 aromatic rings. The third-order valence-corrected chi connectivity index (χ3v) is 5.47. The third-order valence-electron chi connectivity index (χ3n) is 3.64. The van der Waals surface area contributed by atoms with Crippen LogP contribution in [0.5, 0.6) is 0 Å². The number of carbonyl (C=O) groups excluding carboxylic acids is 3. The lowest BCUT2D eigenvalue weighted by atomic mass is 10.2. The molecule has 150 valence electrons. The first-order valence-electron chi connectivity index (χ1n) is 8.37. The second-order valence-electron chi connectivity index (χ2n) is 5.75. The van der Waals surface area contributed by atoms with E-state index in [9.17, 15) is 22.8 Å². The summed E-state index contributed by atoms with van der Waals surface area (Å²) in [5.41, 5.74) is 0.118. The van der Waals surface area contributed by atoms with Crippen molar-refractivity contribution in [2.24, 2.45) is 0 Å². The van der Waals surface area contributed by atoms with Gasteiger partial charge in [-0.1, -0.05) is 0 Å². The van der Waals surface area contributed by atoms with Crippen LogP contribution in [0.3, 0.4) is 0 Å². The van der Waals surface area contributed by atoms with Crippen LogP contribution in [0, 0.1) is 0 Å². The van der Waals surface area contributed by atoms with Gasteiger partial charge in [0.2, 0.25) is 15.9 Å². The van der Waals surface area contributed by atoms with Gasteiger partial charge in [-0.15, -0.1) is 0 Å². The van der Waals surface area contributed by atoms with Gasteiger partial charge < -0.3 is 15.0 Å². The molecular weight excluding hydrogens is 374 g/mol. The van der Waals surface area contributed by atoms with Crippen LogP contribution < -0.4 is 5.32 Å². The number of esters is 1. The summed E-state index contributed by atoms with van der Waals surface area (Å²) < 4.78 is 30.0. The zero-order valence-electron chi connectivity index (χ0n) is 15.9. The highest BCUT2D eigenvalue weighted by Crippen LogP contribution is 2.14. The Hall–Kier alpha value is -2.46. The topological polar surface area (TPSA) is 113 Å². The molecule has 1 N–H and O–H groups in total. The van der Waals surface area contributed by atoms with Crippen molar-refractivity contribution in [3.63, 3.8) is 0 Å². The number of likely N-dealkylation sites (N-methyl/N-ethyl adjacent to an activating group) is 2. The summed E-state index contributed by atoms with van der Waals surface area (Å²) in [5, 5.41) is 2.59. The van der Waals surface area contributed by atoms with Gasteiger partial charge in [0.05, 0.1) is 17.0 Å². The molecule has 0 unspecified atom stereocenters. The van der Waals surface area contributed by atoms with Crippen molar-refractivity contribution in [2.45, 2.75) is 18.7 Å². The summed E-state index contributed by atoms with van der Waals surface area (Å²) in [6, 6.07) is 5.22. The van der Waals surface area contributed by atoms with Crippen molar-refractivity contribution in [3.8, 4) is 0 Å². The number of rotatable bonds is 9. The van der Waals surface area contributed by atoms with E-state index in [4.69, 9.17) is 4.74 Å². The molecule has 0 aliphatic heterocycles. The number of nitrogens with one attached hydrogen (secondary N) is 1. The van der Waals surface area contributed by atoms with Crippen LogP contribution in [-0.2, 0) is 24.3 Å².